The summed E-state index contributed by atoms with van der Waals surface area (Å²) < 4.78 is 15.4. The summed E-state index contributed by atoms with van der Waals surface area (Å²) in [7, 11) is 1.70. The number of nitrogens with zero attached hydrogens (tertiary/aromatic N) is 1. The zero-order valence-corrected chi connectivity index (χ0v) is 18.7. The molecule has 2 N–H and O–H groups in total. The van der Waals surface area contributed by atoms with Crippen LogP contribution in [0.1, 0.15) is 11.1 Å². The van der Waals surface area contributed by atoms with E-state index in [9.17, 15) is 14.0 Å². The Kier molecular flexibility index (Phi) is 5.84. The van der Waals surface area contributed by atoms with Gasteiger partial charge in [0.15, 0.2) is 0 Å². The molecule has 0 saturated heterocycles. The first-order valence-corrected chi connectivity index (χ1v) is 10.5. The van der Waals surface area contributed by atoms with Crippen LogP contribution in [0.5, 0.6) is 0 Å². The standard InChI is InChI=1S/C27H24FN3O2/c1-5-24(32)29-22-11-8-12-23(30-26-16(2)13-18(28)14-17(26)3)25(22)21-15-31(4)27(33)20-10-7-6-9-19(20)21/h5-15,30H,1H2,2-4H3,(H,29,32). The van der Waals surface area contributed by atoms with Crippen molar-refractivity contribution >= 4 is 33.7 Å². The van der Waals surface area contributed by atoms with Crippen LogP contribution >= 0.6 is 0 Å². The number of halogens is 1. The summed E-state index contributed by atoms with van der Waals surface area (Å²) in [5.74, 6) is -0.650. The van der Waals surface area contributed by atoms with Crippen LogP contribution in [-0.2, 0) is 11.8 Å². The molecule has 33 heavy (non-hydrogen) atoms. The molecule has 1 heterocycles. The first kappa shape index (κ1) is 22.0. The van der Waals surface area contributed by atoms with Gasteiger partial charge in [0.1, 0.15) is 5.82 Å². The van der Waals surface area contributed by atoms with E-state index in [1.165, 1.54) is 22.8 Å². The molecule has 0 radical (unpaired) electrons. The Morgan fingerprint density at radius 3 is 2.30 bits per heavy atom. The van der Waals surface area contributed by atoms with Crippen molar-refractivity contribution in [2.45, 2.75) is 13.8 Å². The molecular weight excluding hydrogens is 417 g/mol. The van der Waals surface area contributed by atoms with Crippen molar-refractivity contribution in [1.29, 1.82) is 0 Å². The van der Waals surface area contributed by atoms with Gasteiger partial charge in [0.2, 0.25) is 5.91 Å². The smallest absolute Gasteiger partial charge is 0.258 e. The molecule has 3 aromatic carbocycles. The molecule has 0 saturated carbocycles. The second-order valence-corrected chi connectivity index (χ2v) is 7.97. The highest BCUT2D eigenvalue weighted by molar-refractivity contribution is 6.08. The summed E-state index contributed by atoms with van der Waals surface area (Å²) in [5, 5.41) is 7.64. The van der Waals surface area contributed by atoms with Crippen molar-refractivity contribution in [2.24, 2.45) is 7.05 Å². The van der Waals surface area contributed by atoms with Crippen LogP contribution in [0.2, 0.25) is 0 Å². The molecule has 4 rings (SSSR count). The number of hydrogen-bond acceptors (Lipinski definition) is 3. The minimum Gasteiger partial charge on any atom is -0.355 e. The van der Waals surface area contributed by atoms with Gasteiger partial charge < -0.3 is 15.2 Å². The Bertz CT molecular complexity index is 1450. The number of anilines is 3. The number of aromatic nitrogens is 1. The highest BCUT2D eigenvalue weighted by atomic mass is 19.1. The fraction of sp³-hybridized carbons (Fsp3) is 0.111. The fourth-order valence-electron chi connectivity index (χ4n) is 4.09. The molecule has 6 heteroatoms. The van der Waals surface area contributed by atoms with Crippen molar-refractivity contribution < 1.29 is 9.18 Å². The summed E-state index contributed by atoms with van der Waals surface area (Å²) in [6, 6.07) is 15.8. The predicted molar refractivity (Wildman–Crippen MR) is 133 cm³/mol. The second kappa shape index (κ2) is 8.74. The quantitative estimate of drug-likeness (QED) is 0.383. The van der Waals surface area contributed by atoms with Gasteiger partial charge in [-0.3, -0.25) is 9.59 Å². The first-order chi connectivity index (χ1) is 15.8. The number of nitrogens with one attached hydrogen (secondary N) is 2. The summed E-state index contributed by atoms with van der Waals surface area (Å²) in [5.41, 5.74) is 4.93. The Morgan fingerprint density at radius 1 is 1.00 bits per heavy atom. The largest absolute Gasteiger partial charge is 0.355 e. The number of rotatable bonds is 5. The van der Waals surface area contributed by atoms with Crippen LogP contribution in [-0.4, -0.2) is 10.5 Å². The molecule has 0 bridgehead atoms. The summed E-state index contributed by atoms with van der Waals surface area (Å²) in [6.07, 6.45) is 2.97. The third-order valence-corrected chi connectivity index (χ3v) is 5.62. The molecule has 166 valence electrons. The summed E-state index contributed by atoms with van der Waals surface area (Å²) >= 11 is 0. The number of fused-ring (bicyclic) bond motifs is 1. The number of pyridine rings is 1. The van der Waals surface area contributed by atoms with Crippen molar-refractivity contribution in [3.8, 4) is 11.1 Å². The Balaban J connectivity index is 2.02. The lowest BCUT2D eigenvalue weighted by Gasteiger charge is -2.21. The van der Waals surface area contributed by atoms with Crippen LogP contribution in [0.4, 0.5) is 21.5 Å². The number of benzene rings is 3. The van der Waals surface area contributed by atoms with E-state index in [2.05, 4.69) is 17.2 Å². The van der Waals surface area contributed by atoms with E-state index >= 15 is 0 Å². The number of carbonyl (C=O) groups excluding carboxylic acids is 1. The molecule has 1 aromatic heterocycles. The number of hydrogen-bond donors (Lipinski definition) is 2. The van der Waals surface area contributed by atoms with Gasteiger partial charge in [-0.05, 0) is 66.8 Å². The predicted octanol–water partition coefficient (Wildman–Crippen LogP) is 5.83. The highest BCUT2D eigenvalue weighted by Gasteiger charge is 2.18. The van der Waals surface area contributed by atoms with E-state index in [-0.39, 0.29) is 17.3 Å². The molecule has 5 nitrogen and oxygen atoms in total. The zero-order valence-electron chi connectivity index (χ0n) is 18.7. The van der Waals surface area contributed by atoms with Crippen LogP contribution in [0.25, 0.3) is 21.9 Å². The van der Waals surface area contributed by atoms with Crippen molar-refractivity contribution in [3.05, 3.63) is 101 Å². The average Bonchev–Trinajstić information content (AvgIpc) is 2.79. The Hall–Kier alpha value is -4.19. The topological polar surface area (TPSA) is 63.1 Å². The van der Waals surface area contributed by atoms with Crippen LogP contribution in [0, 0.1) is 19.7 Å². The Labute approximate surface area is 191 Å². The van der Waals surface area contributed by atoms with Crippen LogP contribution < -0.4 is 16.2 Å². The fourth-order valence-corrected chi connectivity index (χ4v) is 4.09. The van der Waals surface area contributed by atoms with E-state index in [0.717, 1.165) is 27.8 Å². The zero-order chi connectivity index (χ0) is 23.7. The van der Waals surface area contributed by atoms with Crippen molar-refractivity contribution in [2.75, 3.05) is 10.6 Å². The van der Waals surface area contributed by atoms with Gasteiger partial charge in [0.25, 0.3) is 5.56 Å². The van der Waals surface area contributed by atoms with Gasteiger partial charge in [-0.1, -0.05) is 30.8 Å². The first-order valence-electron chi connectivity index (χ1n) is 10.5. The third kappa shape index (κ3) is 4.15. The highest BCUT2D eigenvalue weighted by Crippen LogP contribution is 2.40. The normalized spacial score (nSPS) is 10.8. The molecule has 0 aliphatic heterocycles. The number of carbonyl (C=O) groups is 1. The van der Waals surface area contributed by atoms with Gasteiger partial charge in [-0.25, -0.2) is 4.39 Å². The maximum absolute atomic E-state index is 13.9. The second-order valence-electron chi connectivity index (χ2n) is 7.97. The van der Waals surface area contributed by atoms with Crippen LogP contribution in [0.3, 0.4) is 0 Å². The van der Waals surface area contributed by atoms with E-state index in [0.29, 0.717) is 22.3 Å². The van der Waals surface area contributed by atoms with E-state index in [1.807, 2.05) is 44.2 Å². The number of amides is 1. The van der Waals surface area contributed by atoms with E-state index < -0.39 is 0 Å². The molecule has 0 aliphatic carbocycles. The van der Waals surface area contributed by atoms with Gasteiger partial charge >= 0.3 is 0 Å². The van der Waals surface area contributed by atoms with Crippen molar-refractivity contribution in [1.82, 2.24) is 4.57 Å². The minimum absolute atomic E-state index is 0.110. The van der Waals surface area contributed by atoms with Gasteiger partial charge in [-0.2, -0.15) is 0 Å². The van der Waals surface area contributed by atoms with E-state index in [1.54, 1.807) is 25.4 Å². The average molecular weight is 442 g/mol. The van der Waals surface area contributed by atoms with Crippen LogP contribution in [0.15, 0.2) is 78.2 Å². The summed E-state index contributed by atoms with van der Waals surface area (Å²) in [4.78, 5) is 25.0. The minimum atomic E-state index is -0.350. The third-order valence-electron chi connectivity index (χ3n) is 5.62. The lowest BCUT2D eigenvalue weighted by Crippen LogP contribution is -2.17. The lowest BCUT2D eigenvalue weighted by atomic mass is 9.96. The van der Waals surface area contributed by atoms with Gasteiger partial charge in [-0.15, -0.1) is 0 Å². The molecule has 4 aromatic rings. The molecule has 0 unspecified atom stereocenters. The molecule has 1 amide bonds. The Morgan fingerprint density at radius 2 is 1.64 bits per heavy atom. The monoisotopic (exact) mass is 441 g/mol. The lowest BCUT2D eigenvalue weighted by molar-refractivity contribution is -0.111. The maximum atomic E-state index is 13.9. The molecule has 0 atom stereocenters. The van der Waals surface area contributed by atoms with E-state index in [4.69, 9.17) is 0 Å². The molecular formula is C27H24FN3O2. The number of aryl methyl sites for hydroxylation is 3. The molecule has 0 aliphatic rings. The maximum Gasteiger partial charge on any atom is 0.258 e. The summed E-state index contributed by atoms with van der Waals surface area (Å²) in [6.45, 7) is 7.22. The molecule has 0 fully saturated rings. The SMILES string of the molecule is C=CC(=O)Nc1cccc(Nc2c(C)cc(F)cc2C)c1-c1cn(C)c(=O)c2ccccc12. The molecule has 0 spiro atoms. The van der Waals surface area contributed by atoms with Gasteiger partial charge in [0, 0.05) is 41.1 Å². The van der Waals surface area contributed by atoms with Crippen molar-refractivity contribution in [3.63, 3.8) is 0 Å². The van der Waals surface area contributed by atoms with Gasteiger partial charge in [0.05, 0.1) is 5.69 Å².